The van der Waals surface area contributed by atoms with Gasteiger partial charge in [0.05, 0.1) is 0 Å². The van der Waals surface area contributed by atoms with Crippen LogP contribution in [0.4, 0.5) is 0 Å². The lowest BCUT2D eigenvalue weighted by Crippen LogP contribution is -2.09. The van der Waals surface area contributed by atoms with Crippen LogP contribution < -0.4 is 5.73 Å². The first-order valence-corrected chi connectivity index (χ1v) is 6.48. The molecule has 3 rings (SSSR count). The number of aromatic nitrogens is 2. The van der Waals surface area contributed by atoms with Gasteiger partial charge in [-0.25, -0.2) is 9.97 Å². The number of nitrogens with zero attached hydrogens (tertiary/aromatic N) is 2. The van der Waals surface area contributed by atoms with Crippen LogP contribution in [0.5, 0.6) is 0 Å². The van der Waals surface area contributed by atoms with Crippen LogP contribution in [0, 0.1) is 0 Å². The van der Waals surface area contributed by atoms with Crippen LogP contribution in [0.3, 0.4) is 0 Å². The van der Waals surface area contributed by atoms with Gasteiger partial charge in [-0.3, -0.25) is 0 Å². The monoisotopic (exact) mass is 239 g/mol. The number of rotatable bonds is 3. The largest absolute Gasteiger partial charge is 0.326 e. The molecule has 2 N–H and O–H groups in total. The van der Waals surface area contributed by atoms with Crippen LogP contribution in [-0.4, -0.2) is 9.97 Å². The second kappa shape index (κ2) is 4.86. The summed E-state index contributed by atoms with van der Waals surface area (Å²) in [6, 6.07) is 8.10. The molecule has 0 spiro atoms. The van der Waals surface area contributed by atoms with E-state index in [9.17, 15) is 0 Å². The molecule has 0 saturated heterocycles. The molecule has 0 aliphatic heterocycles. The van der Waals surface area contributed by atoms with Crippen molar-refractivity contribution in [3.8, 4) is 11.4 Å². The maximum absolute atomic E-state index is 5.65. The third-order valence-corrected chi connectivity index (χ3v) is 3.67. The second-order valence-electron chi connectivity index (χ2n) is 4.87. The molecule has 1 aromatic carbocycles. The number of hydrogen-bond donors (Lipinski definition) is 1. The normalized spacial score (nSPS) is 15.4. The zero-order valence-electron chi connectivity index (χ0n) is 10.3. The topological polar surface area (TPSA) is 51.8 Å². The number of benzene rings is 1. The SMILES string of the molecule is NCc1cccc(-c2ncc(C3CCC3)cn2)c1. The molecular formula is C15H17N3. The van der Waals surface area contributed by atoms with Crippen molar-refractivity contribution >= 4 is 0 Å². The molecule has 3 nitrogen and oxygen atoms in total. The van der Waals surface area contributed by atoms with E-state index < -0.39 is 0 Å². The molecule has 0 bridgehead atoms. The van der Waals surface area contributed by atoms with Crippen LogP contribution in [0.2, 0.25) is 0 Å². The minimum absolute atomic E-state index is 0.550. The summed E-state index contributed by atoms with van der Waals surface area (Å²) in [4.78, 5) is 8.95. The first-order chi connectivity index (χ1) is 8.86. The first-order valence-electron chi connectivity index (χ1n) is 6.48. The van der Waals surface area contributed by atoms with Gasteiger partial charge in [0.1, 0.15) is 0 Å². The third kappa shape index (κ3) is 2.14. The van der Waals surface area contributed by atoms with E-state index in [0.29, 0.717) is 12.5 Å². The van der Waals surface area contributed by atoms with Gasteiger partial charge in [-0.1, -0.05) is 24.6 Å². The third-order valence-electron chi connectivity index (χ3n) is 3.67. The van der Waals surface area contributed by atoms with Gasteiger partial charge in [0.15, 0.2) is 5.82 Å². The lowest BCUT2D eigenvalue weighted by atomic mass is 9.81. The Kier molecular flexibility index (Phi) is 3.07. The van der Waals surface area contributed by atoms with Gasteiger partial charge in [-0.2, -0.15) is 0 Å². The predicted octanol–water partition coefficient (Wildman–Crippen LogP) is 2.87. The Labute approximate surface area is 107 Å². The summed E-state index contributed by atoms with van der Waals surface area (Å²) in [5, 5.41) is 0. The zero-order valence-corrected chi connectivity index (χ0v) is 10.3. The highest BCUT2D eigenvalue weighted by atomic mass is 14.9. The Bertz CT molecular complexity index is 530. The number of nitrogens with two attached hydrogens (primary N) is 1. The average molecular weight is 239 g/mol. The van der Waals surface area contributed by atoms with Crippen molar-refractivity contribution in [3.05, 3.63) is 47.8 Å². The maximum Gasteiger partial charge on any atom is 0.159 e. The lowest BCUT2D eigenvalue weighted by molar-refractivity contribution is 0.418. The van der Waals surface area contributed by atoms with Crippen LogP contribution in [0.1, 0.15) is 36.3 Å². The summed E-state index contributed by atoms with van der Waals surface area (Å²) >= 11 is 0. The molecule has 1 aliphatic carbocycles. The Balaban J connectivity index is 1.86. The smallest absolute Gasteiger partial charge is 0.159 e. The summed E-state index contributed by atoms with van der Waals surface area (Å²) in [5.74, 6) is 1.47. The van der Waals surface area contributed by atoms with Gasteiger partial charge in [0.25, 0.3) is 0 Å². The standard InChI is InChI=1S/C15H17N3/c16-8-11-3-1-6-13(7-11)15-17-9-14(10-18-15)12-4-2-5-12/h1,3,6-7,9-10,12H,2,4-5,8,16H2. The highest BCUT2D eigenvalue weighted by molar-refractivity contribution is 5.55. The van der Waals surface area contributed by atoms with Gasteiger partial charge in [-0.15, -0.1) is 0 Å². The zero-order chi connectivity index (χ0) is 12.4. The van der Waals surface area contributed by atoms with Crippen molar-refractivity contribution < 1.29 is 0 Å². The molecule has 0 unspecified atom stereocenters. The Morgan fingerprint density at radius 1 is 1.17 bits per heavy atom. The van der Waals surface area contributed by atoms with Crippen molar-refractivity contribution in [1.82, 2.24) is 9.97 Å². The summed E-state index contributed by atoms with van der Waals surface area (Å²) in [5.41, 5.74) is 9.07. The van der Waals surface area contributed by atoms with Gasteiger partial charge in [0.2, 0.25) is 0 Å². The molecule has 1 fully saturated rings. The van der Waals surface area contributed by atoms with Crippen LogP contribution >= 0.6 is 0 Å². The maximum atomic E-state index is 5.65. The molecular weight excluding hydrogens is 222 g/mol. The van der Waals surface area contributed by atoms with Crippen LogP contribution in [0.25, 0.3) is 11.4 Å². The Morgan fingerprint density at radius 3 is 2.56 bits per heavy atom. The minimum atomic E-state index is 0.550. The van der Waals surface area contributed by atoms with Gasteiger partial charge < -0.3 is 5.73 Å². The van der Waals surface area contributed by atoms with Crippen LogP contribution in [-0.2, 0) is 6.54 Å². The second-order valence-corrected chi connectivity index (χ2v) is 4.87. The van der Waals surface area contributed by atoms with Crippen molar-refractivity contribution in [2.45, 2.75) is 31.7 Å². The fraction of sp³-hybridized carbons (Fsp3) is 0.333. The van der Waals surface area contributed by atoms with Gasteiger partial charge in [-0.05, 0) is 36.0 Å². The lowest BCUT2D eigenvalue weighted by Gasteiger charge is -2.24. The average Bonchev–Trinajstić information content (AvgIpc) is 2.38. The van der Waals surface area contributed by atoms with Gasteiger partial charge >= 0.3 is 0 Å². The quantitative estimate of drug-likeness (QED) is 0.896. The summed E-state index contributed by atoms with van der Waals surface area (Å²) in [6.07, 6.45) is 7.85. The predicted molar refractivity (Wildman–Crippen MR) is 72.0 cm³/mol. The Morgan fingerprint density at radius 2 is 1.94 bits per heavy atom. The fourth-order valence-electron chi connectivity index (χ4n) is 2.28. The molecule has 0 atom stereocenters. The number of hydrogen-bond acceptors (Lipinski definition) is 3. The Hall–Kier alpha value is -1.74. The molecule has 3 heteroatoms. The molecule has 2 aromatic rings. The van der Waals surface area contributed by atoms with E-state index in [1.807, 2.05) is 30.6 Å². The molecule has 0 radical (unpaired) electrons. The van der Waals surface area contributed by atoms with Crippen molar-refractivity contribution in [3.63, 3.8) is 0 Å². The highest BCUT2D eigenvalue weighted by Crippen LogP contribution is 2.35. The van der Waals surface area contributed by atoms with Crippen molar-refractivity contribution in [2.75, 3.05) is 0 Å². The van der Waals surface area contributed by atoms with E-state index in [4.69, 9.17) is 5.73 Å². The highest BCUT2D eigenvalue weighted by Gasteiger charge is 2.20. The van der Waals surface area contributed by atoms with E-state index in [1.54, 1.807) is 0 Å². The molecule has 1 heterocycles. The van der Waals surface area contributed by atoms with E-state index >= 15 is 0 Å². The minimum Gasteiger partial charge on any atom is -0.326 e. The summed E-state index contributed by atoms with van der Waals surface area (Å²) < 4.78 is 0. The van der Waals surface area contributed by atoms with E-state index in [1.165, 1.54) is 24.8 Å². The van der Waals surface area contributed by atoms with E-state index in [0.717, 1.165) is 17.0 Å². The fourth-order valence-corrected chi connectivity index (χ4v) is 2.28. The van der Waals surface area contributed by atoms with E-state index in [-0.39, 0.29) is 0 Å². The molecule has 1 saturated carbocycles. The van der Waals surface area contributed by atoms with E-state index in [2.05, 4.69) is 16.0 Å². The first kappa shape index (κ1) is 11.4. The molecule has 1 aliphatic rings. The summed E-state index contributed by atoms with van der Waals surface area (Å²) in [7, 11) is 0. The molecule has 92 valence electrons. The van der Waals surface area contributed by atoms with Gasteiger partial charge in [0, 0.05) is 24.5 Å². The molecule has 0 amide bonds. The van der Waals surface area contributed by atoms with Crippen LogP contribution in [0.15, 0.2) is 36.7 Å². The summed E-state index contributed by atoms with van der Waals surface area (Å²) in [6.45, 7) is 0.550. The van der Waals surface area contributed by atoms with Crippen molar-refractivity contribution in [2.24, 2.45) is 5.73 Å². The molecule has 18 heavy (non-hydrogen) atoms. The molecule has 1 aromatic heterocycles. The van der Waals surface area contributed by atoms with Crippen molar-refractivity contribution in [1.29, 1.82) is 0 Å².